The van der Waals surface area contributed by atoms with Crippen LogP contribution in [-0.2, 0) is 6.54 Å². The minimum atomic E-state index is 0.718. The molecule has 0 bridgehead atoms. The zero-order chi connectivity index (χ0) is 14.5. The molecule has 3 aromatic rings. The lowest BCUT2D eigenvalue weighted by Gasteiger charge is -1.99. The van der Waals surface area contributed by atoms with Gasteiger partial charge in [-0.1, -0.05) is 12.1 Å². The summed E-state index contributed by atoms with van der Waals surface area (Å²) in [4.78, 5) is 4.60. The van der Waals surface area contributed by atoms with Gasteiger partial charge in [-0.3, -0.25) is 0 Å². The van der Waals surface area contributed by atoms with Crippen molar-refractivity contribution in [1.29, 1.82) is 0 Å². The normalized spacial score (nSPS) is 10.8. The summed E-state index contributed by atoms with van der Waals surface area (Å²) < 4.78 is 7.03. The van der Waals surface area contributed by atoms with Crippen molar-refractivity contribution in [3.8, 4) is 23.1 Å². The van der Waals surface area contributed by atoms with Gasteiger partial charge in [-0.2, -0.15) is 0 Å². The van der Waals surface area contributed by atoms with Crippen molar-refractivity contribution >= 4 is 21.6 Å². The van der Waals surface area contributed by atoms with Crippen molar-refractivity contribution in [3.05, 3.63) is 42.2 Å². The van der Waals surface area contributed by atoms with Crippen LogP contribution in [0.5, 0.6) is 0 Å². The van der Waals surface area contributed by atoms with E-state index in [0.29, 0.717) is 0 Å². The average molecular weight is 296 g/mol. The van der Waals surface area contributed by atoms with Gasteiger partial charge in [0.05, 0.1) is 16.8 Å². The van der Waals surface area contributed by atoms with Crippen LogP contribution < -0.4 is 5.32 Å². The van der Waals surface area contributed by atoms with Crippen molar-refractivity contribution in [2.75, 3.05) is 6.54 Å². The number of nitrogens with one attached hydrogen (secondary N) is 1. The number of rotatable bonds is 6. The fraction of sp³-hybridized carbons (Fsp3) is 0.235. The molecule has 0 unspecified atom stereocenters. The molecule has 0 saturated carbocycles. The maximum Gasteiger partial charge on any atom is 0.163 e. The van der Waals surface area contributed by atoms with Gasteiger partial charge in [0, 0.05) is 6.42 Å². The molecule has 0 aliphatic rings. The number of fused-ring (bicyclic) bond motifs is 1. The molecule has 0 aliphatic heterocycles. The fourth-order valence-electron chi connectivity index (χ4n) is 2.09. The molecule has 3 rings (SSSR count). The smallest absolute Gasteiger partial charge is 0.163 e. The van der Waals surface area contributed by atoms with Crippen LogP contribution in [-0.4, -0.2) is 11.5 Å². The predicted octanol–water partition coefficient (Wildman–Crippen LogP) is 4.06. The SMILES string of the molecule is C#CCCCNCc1ccc(-c2nc3ccccc3s2)o1. The van der Waals surface area contributed by atoms with E-state index in [1.54, 1.807) is 11.3 Å². The van der Waals surface area contributed by atoms with Gasteiger partial charge in [0.1, 0.15) is 5.76 Å². The molecule has 0 fully saturated rings. The third-order valence-electron chi connectivity index (χ3n) is 3.14. The van der Waals surface area contributed by atoms with E-state index >= 15 is 0 Å². The van der Waals surface area contributed by atoms with Gasteiger partial charge >= 0.3 is 0 Å². The van der Waals surface area contributed by atoms with Crippen molar-refractivity contribution < 1.29 is 4.42 Å². The van der Waals surface area contributed by atoms with Gasteiger partial charge < -0.3 is 9.73 Å². The first kappa shape index (κ1) is 13.9. The third-order valence-corrected chi connectivity index (χ3v) is 4.19. The monoisotopic (exact) mass is 296 g/mol. The molecule has 2 heterocycles. The summed E-state index contributed by atoms with van der Waals surface area (Å²) in [6, 6.07) is 12.1. The molecule has 4 heteroatoms. The lowest BCUT2D eigenvalue weighted by molar-refractivity contribution is 0.492. The maximum absolute atomic E-state index is 5.85. The quantitative estimate of drug-likeness (QED) is 0.550. The Bertz CT molecular complexity index is 733. The van der Waals surface area contributed by atoms with Gasteiger partial charge in [0.25, 0.3) is 0 Å². The number of thiazole rings is 1. The number of terminal acetylenes is 1. The van der Waals surface area contributed by atoms with Crippen LogP contribution in [0.25, 0.3) is 21.0 Å². The molecule has 3 nitrogen and oxygen atoms in total. The van der Waals surface area contributed by atoms with E-state index in [1.165, 1.54) is 4.70 Å². The summed E-state index contributed by atoms with van der Waals surface area (Å²) in [5, 5.41) is 4.25. The molecular formula is C17H16N2OS. The number of para-hydroxylation sites is 1. The molecule has 1 N–H and O–H groups in total. The largest absolute Gasteiger partial charge is 0.457 e. The van der Waals surface area contributed by atoms with E-state index < -0.39 is 0 Å². The lowest BCUT2D eigenvalue weighted by atomic mass is 10.3. The maximum atomic E-state index is 5.85. The highest BCUT2D eigenvalue weighted by Crippen LogP contribution is 2.30. The standard InChI is InChI=1S/C17H16N2OS/c1-2-3-6-11-18-12-13-9-10-15(20-13)17-19-14-7-4-5-8-16(14)21-17/h1,4-5,7-10,18H,3,6,11-12H2. The number of unbranched alkanes of at least 4 members (excludes halogenated alkanes) is 1. The number of hydrogen-bond acceptors (Lipinski definition) is 4. The predicted molar refractivity (Wildman–Crippen MR) is 87.1 cm³/mol. The van der Waals surface area contributed by atoms with Crippen molar-refractivity contribution in [3.63, 3.8) is 0 Å². The van der Waals surface area contributed by atoms with E-state index in [1.807, 2.05) is 30.3 Å². The molecule has 0 atom stereocenters. The Morgan fingerprint density at radius 1 is 1.24 bits per heavy atom. The van der Waals surface area contributed by atoms with Crippen LogP contribution in [0, 0.1) is 12.3 Å². The molecule has 0 saturated heterocycles. The van der Waals surface area contributed by atoms with Crippen LogP contribution in [0.15, 0.2) is 40.8 Å². The number of nitrogens with zero attached hydrogens (tertiary/aromatic N) is 1. The fourth-order valence-corrected chi connectivity index (χ4v) is 3.02. The molecule has 0 radical (unpaired) electrons. The summed E-state index contributed by atoms with van der Waals surface area (Å²) in [6.07, 6.45) is 7.02. The summed E-state index contributed by atoms with van der Waals surface area (Å²) in [5.41, 5.74) is 1.02. The van der Waals surface area contributed by atoms with Crippen LogP contribution >= 0.6 is 11.3 Å². The van der Waals surface area contributed by atoms with Crippen molar-refractivity contribution in [2.24, 2.45) is 0 Å². The highest BCUT2D eigenvalue weighted by atomic mass is 32.1. The lowest BCUT2D eigenvalue weighted by Crippen LogP contribution is -2.13. The zero-order valence-electron chi connectivity index (χ0n) is 11.6. The molecular weight excluding hydrogens is 280 g/mol. The first-order chi connectivity index (χ1) is 10.4. The van der Waals surface area contributed by atoms with Gasteiger partial charge in [0.2, 0.25) is 0 Å². The molecule has 21 heavy (non-hydrogen) atoms. The molecule has 0 spiro atoms. The molecule has 106 valence electrons. The first-order valence-electron chi connectivity index (χ1n) is 6.95. The zero-order valence-corrected chi connectivity index (χ0v) is 12.5. The summed E-state index contributed by atoms with van der Waals surface area (Å²) in [7, 11) is 0. The van der Waals surface area contributed by atoms with Crippen molar-refractivity contribution in [2.45, 2.75) is 19.4 Å². The van der Waals surface area contributed by atoms with Crippen LogP contribution in [0.3, 0.4) is 0 Å². The van der Waals surface area contributed by atoms with Gasteiger partial charge in [-0.15, -0.1) is 23.7 Å². The Morgan fingerprint density at radius 3 is 3.00 bits per heavy atom. The Balaban J connectivity index is 1.65. The third kappa shape index (κ3) is 3.33. The Kier molecular flexibility index (Phi) is 4.34. The second-order valence-corrected chi connectivity index (χ2v) is 5.77. The molecule has 0 amide bonds. The van der Waals surface area contributed by atoms with E-state index in [9.17, 15) is 0 Å². The summed E-state index contributed by atoms with van der Waals surface area (Å²) in [5.74, 6) is 4.39. The average Bonchev–Trinajstić information content (AvgIpc) is 3.13. The summed E-state index contributed by atoms with van der Waals surface area (Å²) >= 11 is 1.65. The molecule has 0 aliphatic carbocycles. The summed E-state index contributed by atoms with van der Waals surface area (Å²) in [6.45, 7) is 1.62. The van der Waals surface area contributed by atoms with E-state index in [0.717, 1.165) is 48.0 Å². The first-order valence-corrected chi connectivity index (χ1v) is 7.77. The van der Waals surface area contributed by atoms with Gasteiger partial charge in [-0.25, -0.2) is 4.98 Å². The van der Waals surface area contributed by atoms with E-state index in [-0.39, 0.29) is 0 Å². The minimum Gasteiger partial charge on any atom is -0.457 e. The van der Waals surface area contributed by atoms with Gasteiger partial charge in [0.15, 0.2) is 10.8 Å². The van der Waals surface area contributed by atoms with E-state index in [4.69, 9.17) is 10.8 Å². The minimum absolute atomic E-state index is 0.718. The number of furan rings is 1. The Labute approximate surface area is 128 Å². The van der Waals surface area contributed by atoms with Gasteiger partial charge in [-0.05, 0) is 37.2 Å². The Morgan fingerprint density at radius 2 is 2.14 bits per heavy atom. The topological polar surface area (TPSA) is 38.1 Å². The van der Waals surface area contributed by atoms with Crippen LogP contribution in [0.1, 0.15) is 18.6 Å². The number of benzene rings is 1. The van der Waals surface area contributed by atoms with Crippen LogP contribution in [0.2, 0.25) is 0 Å². The van der Waals surface area contributed by atoms with Crippen LogP contribution in [0.4, 0.5) is 0 Å². The Hall–Kier alpha value is -2.09. The molecule has 1 aromatic carbocycles. The highest BCUT2D eigenvalue weighted by Gasteiger charge is 2.10. The second-order valence-electron chi connectivity index (χ2n) is 4.74. The molecule has 2 aromatic heterocycles. The number of aromatic nitrogens is 1. The second kappa shape index (κ2) is 6.57. The number of hydrogen-bond donors (Lipinski definition) is 1. The van der Waals surface area contributed by atoms with E-state index in [2.05, 4.69) is 22.3 Å². The highest BCUT2D eigenvalue weighted by molar-refractivity contribution is 7.21. The van der Waals surface area contributed by atoms with Crippen molar-refractivity contribution in [1.82, 2.24) is 10.3 Å².